The first-order chi connectivity index (χ1) is 13.1. The number of H-pyrrole nitrogens is 1. The zero-order valence-electron chi connectivity index (χ0n) is 14.4. The highest BCUT2D eigenvalue weighted by molar-refractivity contribution is 6.33. The Bertz CT molecular complexity index is 950. The minimum atomic E-state index is -0.528. The molecule has 0 spiro atoms. The summed E-state index contributed by atoms with van der Waals surface area (Å²) in [5.41, 5.74) is 4.05. The maximum atomic E-state index is 13.7. The lowest BCUT2D eigenvalue weighted by Gasteiger charge is -2.02. The van der Waals surface area contributed by atoms with Gasteiger partial charge in [-0.1, -0.05) is 17.7 Å². The molecule has 6 nitrogen and oxygen atoms in total. The Balaban J connectivity index is 1.67. The molecule has 1 amide bonds. The van der Waals surface area contributed by atoms with E-state index in [1.807, 2.05) is 31.2 Å². The Morgan fingerprint density at radius 3 is 2.81 bits per heavy atom. The lowest BCUT2D eigenvalue weighted by Crippen LogP contribution is -2.18. The molecule has 1 heterocycles. The van der Waals surface area contributed by atoms with Crippen LogP contribution in [0.5, 0.6) is 5.75 Å². The van der Waals surface area contributed by atoms with E-state index >= 15 is 0 Å². The van der Waals surface area contributed by atoms with E-state index in [9.17, 15) is 9.18 Å². The third-order valence-electron chi connectivity index (χ3n) is 3.64. The fraction of sp³-hybridized carbons (Fsp3) is 0.105. The first-order valence-corrected chi connectivity index (χ1v) is 8.52. The minimum Gasteiger partial charge on any atom is -0.494 e. The number of nitrogens with one attached hydrogen (secondary N) is 2. The number of ether oxygens (including phenoxy) is 1. The van der Waals surface area contributed by atoms with Crippen LogP contribution < -0.4 is 10.2 Å². The fourth-order valence-corrected chi connectivity index (χ4v) is 2.54. The molecule has 138 valence electrons. The van der Waals surface area contributed by atoms with E-state index in [4.69, 9.17) is 16.3 Å². The maximum absolute atomic E-state index is 13.7. The number of rotatable bonds is 6. The molecule has 0 saturated heterocycles. The van der Waals surface area contributed by atoms with Crippen molar-refractivity contribution in [2.45, 2.75) is 6.92 Å². The van der Waals surface area contributed by atoms with Crippen molar-refractivity contribution in [3.8, 4) is 17.0 Å². The van der Waals surface area contributed by atoms with E-state index in [0.29, 0.717) is 12.3 Å². The standard InChI is InChI=1S/C19H16ClFN4O2/c1-2-27-13-8-6-12(7-9-13)17-10-18(24-23-17)19(26)25-22-11-14-15(20)4-3-5-16(14)21/h3-11H,2H2,1H3,(H,23,24)(H,25,26). The van der Waals surface area contributed by atoms with Gasteiger partial charge in [0, 0.05) is 11.1 Å². The smallest absolute Gasteiger partial charge is 0.289 e. The van der Waals surface area contributed by atoms with Gasteiger partial charge in [0.2, 0.25) is 0 Å². The molecule has 2 aromatic carbocycles. The Morgan fingerprint density at radius 1 is 1.33 bits per heavy atom. The molecule has 3 aromatic rings. The van der Waals surface area contributed by atoms with E-state index in [0.717, 1.165) is 17.5 Å². The Morgan fingerprint density at radius 2 is 2.11 bits per heavy atom. The van der Waals surface area contributed by atoms with Crippen LogP contribution in [0.25, 0.3) is 11.3 Å². The van der Waals surface area contributed by atoms with Crippen LogP contribution >= 0.6 is 11.6 Å². The van der Waals surface area contributed by atoms with Crippen molar-refractivity contribution >= 4 is 23.7 Å². The second-order valence-electron chi connectivity index (χ2n) is 5.46. The summed E-state index contributed by atoms with van der Waals surface area (Å²) in [4.78, 5) is 12.1. The molecule has 8 heteroatoms. The van der Waals surface area contributed by atoms with Crippen molar-refractivity contribution in [2.24, 2.45) is 5.10 Å². The highest BCUT2D eigenvalue weighted by Crippen LogP contribution is 2.21. The third kappa shape index (κ3) is 4.51. The lowest BCUT2D eigenvalue weighted by atomic mass is 10.1. The number of nitrogens with zero attached hydrogens (tertiary/aromatic N) is 2. The zero-order chi connectivity index (χ0) is 19.2. The number of hydrogen-bond acceptors (Lipinski definition) is 4. The van der Waals surface area contributed by atoms with Crippen molar-refractivity contribution in [3.05, 3.63) is 70.6 Å². The molecular weight excluding hydrogens is 371 g/mol. The summed E-state index contributed by atoms with van der Waals surface area (Å²) in [6.07, 6.45) is 1.15. The molecule has 27 heavy (non-hydrogen) atoms. The second-order valence-corrected chi connectivity index (χ2v) is 5.87. The molecule has 0 unspecified atom stereocenters. The minimum absolute atomic E-state index is 0.0964. The van der Waals surface area contributed by atoms with Gasteiger partial charge in [0.05, 0.1) is 23.5 Å². The Kier molecular flexibility index (Phi) is 5.83. The zero-order valence-corrected chi connectivity index (χ0v) is 15.1. The average Bonchev–Trinajstić information content (AvgIpc) is 3.15. The van der Waals surface area contributed by atoms with Gasteiger partial charge in [-0.15, -0.1) is 0 Å². The number of aromatic nitrogens is 2. The van der Waals surface area contributed by atoms with E-state index in [1.54, 1.807) is 6.07 Å². The molecule has 0 aliphatic heterocycles. The molecule has 0 radical (unpaired) electrons. The van der Waals surface area contributed by atoms with Crippen molar-refractivity contribution in [1.82, 2.24) is 15.6 Å². The molecule has 0 atom stereocenters. The van der Waals surface area contributed by atoms with Crippen LogP contribution in [0.2, 0.25) is 5.02 Å². The SMILES string of the molecule is CCOc1ccc(-c2cc(C(=O)NN=Cc3c(F)cccc3Cl)[nH]n2)cc1. The maximum Gasteiger partial charge on any atom is 0.289 e. The summed E-state index contributed by atoms with van der Waals surface area (Å²) in [7, 11) is 0. The third-order valence-corrected chi connectivity index (χ3v) is 3.97. The summed E-state index contributed by atoms with van der Waals surface area (Å²) in [5, 5.41) is 10.7. The molecule has 2 N–H and O–H groups in total. The van der Waals surface area contributed by atoms with Gasteiger partial charge in [-0.05, 0) is 49.4 Å². The van der Waals surface area contributed by atoms with Gasteiger partial charge in [0.15, 0.2) is 0 Å². The van der Waals surface area contributed by atoms with Gasteiger partial charge in [0.1, 0.15) is 17.3 Å². The van der Waals surface area contributed by atoms with E-state index in [1.165, 1.54) is 18.2 Å². The predicted octanol–water partition coefficient (Wildman–Crippen LogP) is 4.03. The van der Waals surface area contributed by atoms with E-state index in [2.05, 4.69) is 20.7 Å². The fourth-order valence-electron chi connectivity index (χ4n) is 2.32. The number of carbonyl (C=O) groups is 1. The van der Waals surface area contributed by atoms with Gasteiger partial charge < -0.3 is 4.74 Å². The Hall–Kier alpha value is -3.19. The van der Waals surface area contributed by atoms with Gasteiger partial charge in [-0.3, -0.25) is 9.89 Å². The van der Waals surface area contributed by atoms with Gasteiger partial charge in [0.25, 0.3) is 5.91 Å². The summed E-state index contributed by atoms with van der Waals surface area (Å²) in [5.74, 6) is -0.279. The highest BCUT2D eigenvalue weighted by atomic mass is 35.5. The molecule has 0 aliphatic rings. The highest BCUT2D eigenvalue weighted by Gasteiger charge is 2.11. The van der Waals surface area contributed by atoms with E-state index in [-0.39, 0.29) is 16.3 Å². The van der Waals surface area contributed by atoms with Crippen LogP contribution in [0.15, 0.2) is 53.6 Å². The first-order valence-electron chi connectivity index (χ1n) is 8.14. The molecule has 0 saturated carbocycles. The van der Waals surface area contributed by atoms with Gasteiger partial charge >= 0.3 is 0 Å². The van der Waals surface area contributed by atoms with Crippen molar-refractivity contribution < 1.29 is 13.9 Å². The number of carbonyl (C=O) groups excluding carboxylic acids is 1. The van der Waals surface area contributed by atoms with Crippen molar-refractivity contribution in [1.29, 1.82) is 0 Å². The number of hydrogen-bond donors (Lipinski definition) is 2. The van der Waals surface area contributed by atoms with Crippen molar-refractivity contribution in [2.75, 3.05) is 6.61 Å². The monoisotopic (exact) mass is 386 g/mol. The number of benzene rings is 2. The van der Waals surface area contributed by atoms with Gasteiger partial charge in [-0.25, -0.2) is 9.82 Å². The summed E-state index contributed by atoms with van der Waals surface area (Å²) in [6, 6.07) is 13.2. The van der Waals surface area contributed by atoms with Crippen LogP contribution in [-0.2, 0) is 0 Å². The van der Waals surface area contributed by atoms with Crippen LogP contribution in [0.1, 0.15) is 23.0 Å². The number of amides is 1. The van der Waals surface area contributed by atoms with E-state index < -0.39 is 11.7 Å². The van der Waals surface area contributed by atoms with Crippen LogP contribution in [0.4, 0.5) is 4.39 Å². The second kappa shape index (κ2) is 8.46. The quantitative estimate of drug-likeness (QED) is 0.496. The van der Waals surface area contributed by atoms with Crippen molar-refractivity contribution in [3.63, 3.8) is 0 Å². The average molecular weight is 387 g/mol. The Labute approximate surface area is 160 Å². The topological polar surface area (TPSA) is 79.4 Å². The number of hydrazone groups is 1. The van der Waals surface area contributed by atoms with Crippen LogP contribution in [0.3, 0.4) is 0 Å². The van der Waals surface area contributed by atoms with Crippen LogP contribution in [0, 0.1) is 5.82 Å². The predicted molar refractivity (Wildman–Crippen MR) is 102 cm³/mol. The molecule has 1 aromatic heterocycles. The summed E-state index contributed by atoms with van der Waals surface area (Å²) < 4.78 is 19.0. The van der Waals surface area contributed by atoms with Gasteiger partial charge in [-0.2, -0.15) is 10.2 Å². The van der Waals surface area contributed by atoms with Crippen LogP contribution in [-0.4, -0.2) is 28.9 Å². The number of halogens is 2. The molecule has 3 rings (SSSR count). The lowest BCUT2D eigenvalue weighted by molar-refractivity contribution is 0.0950. The summed E-state index contributed by atoms with van der Waals surface area (Å²) >= 11 is 5.89. The summed E-state index contributed by atoms with van der Waals surface area (Å²) in [6.45, 7) is 2.50. The first kappa shape index (κ1) is 18.6. The largest absolute Gasteiger partial charge is 0.494 e. The molecular formula is C19H16ClFN4O2. The normalized spacial score (nSPS) is 10.9. The molecule has 0 fully saturated rings. The molecule has 0 bridgehead atoms. The number of aromatic amines is 1. The molecule has 0 aliphatic carbocycles.